The Bertz CT molecular complexity index is 511. The second-order valence-corrected chi connectivity index (χ2v) is 4.72. The van der Waals surface area contributed by atoms with Crippen LogP contribution in [0, 0.1) is 0 Å². The maximum atomic E-state index is 5.92. The third-order valence-corrected chi connectivity index (χ3v) is 3.48. The Morgan fingerprint density at radius 2 is 2.00 bits per heavy atom. The summed E-state index contributed by atoms with van der Waals surface area (Å²) < 4.78 is 2.01. The first-order valence-electron chi connectivity index (χ1n) is 6.27. The van der Waals surface area contributed by atoms with Crippen LogP contribution < -0.4 is 5.73 Å². The molecule has 0 saturated carbocycles. The molecular formula is C13H18N4. The number of hydrogen-bond acceptors (Lipinski definition) is 3. The third kappa shape index (κ3) is 2.13. The second-order valence-electron chi connectivity index (χ2n) is 4.72. The first-order valence-corrected chi connectivity index (χ1v) is 6.27. The van der Waals surface area contributed by atoms with Crippen molar-refractivity contribution in [2.45, 2.75) is 19.4 Å². The van der Waals surface area contributed by atoms with Crippen LogP contribution in [0.5, 0.6) is 0 Å². The van der Waals surface area contributed by atoms with Gasteiger partial charge in [-0.15, -0.1) is 0 Å². The van der Waals surface area contributed by atoms with E-state index in [0.717, 1.165) is 29.7 Å². The number of hydrogen-bond donors (Lipinski definition) is 1. The Hall–Kier alpha value is -1.55. The first kappa shape index (κ1) is 10.6. The van der Waals surface area contributed by atoms with Crippen molar-refractivity contribution in [3.63, 3.8) is 0 Å². The highest BCUT2D eigenvalue weighted by Crippen LogP contribution is 2.19. The van der Waals surface area contributed by atoms with E-state index in [-0.39, 0.29) is 0 Å². The smallest absolute Gasteiger partial charge is 0.0944 e. The summed E-state index contributed by atoms with van der Waals surface area (Å²) in [5, 5.41) is 5.61. The fourth-order valence-electron chi connectivity index (χ4n) is 2.48. The molecule has 2 aromatic rings. The summed E-state index contributed by atoms with van der Waals surface area (Å²) >= 11 is 0. The molecule has 4 heteroatoms. The number of nitrogens with zero attached hydrogens (tertiary/aromatic N) is 3. The van der Waals surface area contributed by atoms with Gasteiger partial charge < -0.3 is 10.6 Å². The molecule has 4 nitrogen and oxygen atoms in total. The van der Waals surface area contributed by atoms with Gasteiger partial charge >= 0.3 is 0 Å². The fraction of sp³-hybridized carbons (Fsp3) is 0.462. The minimum atomic E-state index is 0.815. The van der Waals surface area contributed by atoms with Gasteiger partial charge in [-0.2, -0.15) is 5.10 Å². The van der Waals surface area contributed by atoms with E-state index >= 15 is 0 Å². The van der Waals surface area contributed by atoms with Crippen LogP contribution in [0.1, 0.15) is 12.8 Å². The zero-order valence-corrected chi connectivity index (χ0v) is 9.97. The lowest BCUT2D eigenvalue weighted by atomic mass is 10.2. The van der Waals surface area contributed by atoms with Crippen LogP contribution in [0.4, 0.5) is 5.69 Å². The Morgan fingerprint density at radius 3 is 2.76 bits per heavy atom. The number of nitrogens with two attached hydrogens (primary N) is 1. The lowest BCUT2D eigenvalue weighted by Crippen LogP contribution is -2.24. The molecule has 17 heavy (non-hydrogen) atoms. The molecule has 3 rings (SSSR count). The minimum Gasteiger partial charge on any atom is -0.398 e. The average Bonchev–Trinajstić information content (AvgIpc) is 2.95. The Morgan fingerprint density at radius 1 is 1.18 bits per heavy atom. The van der Waals surface area contributed by atoms with Crippen molar-refractivity contribution in [3.05, 3.63) is 24.4 Å². The van der Waals surface area contributed by atoms with Gasteiger partial charge in [-0.25, -0.2) is 0 Å². The van der Waals surface area contributed by atoms with Gasteiger partial charge in [0.25, 0.3) is 0 Å². The summed E-state index contributed by atoms with van der Waals surface area (Å²) in [6.45, 7) is 4.52. The van der Waals surface area contributed by atoms with E-state index in [4.69, 9.17) is 5.73 Å². The molecule has 1 aliphatic heterocycles. The average molecular weight is 230 g/mol. The molecule has 2 heterocycles. The van der Waals surface area contributed by atoms with Crippen molar-refractivity contribution in [2.24, 2.45) is 0 Å². The van der Waals surface area contributed by atoms with Crippen LogP contribution in [0.2, 0.25) is 0 Å². The number of rotatable bonds is 3. The SMILES string of the molecule is Nc1cccc2nn(CCN3CCCC3)cc12. The molecule has 1 saturated heterocycles. The van der Waals surface area contributed by atoms with Crippen molar-refractivity contribution in [1.29, 1.82) is 0 Å². The van der Waals surface area contributed by atoms with Crippen LogP contribution in [0.25, 0.3) is 10.9 Å². The van der Waals surface area contributed by atoms with Crippen molar-refractivity contribution in [2.75, 3.05) is 25.4 Å². The molecular weight excluding hydrogens is 212 g/mol. The van der Waals surface area contributed by atoms with Crippen molar-refractivity contribution in [3.8, 4) is 0 Å². The van der Waals surface area contributed by atoms with Gasteiger partial charge in [0.15, 0.2) is 0 Å². The van der Waals surface area contributed by atoms with E-state index in [2.05, 4.69) is 16.2 Å². The lowest BCUT2D eigenvalue weighted by Gasteiger charge is -2.13. The largest absolute Gasteiger partial charge is 0.398 e. The molecule has 0 amide bonds. The molecule has 0 bridgehead atoms. The summed E-state index contributed by atoms with van der Waals surface area (Å²) in [4.78, 5) is 2.50. The van der Waals surface area contributed by atoms with Crippen LogP contribution in [-0.2, 0) is 6.54 Å². The normalized spacial score (nSPS) is 16.9. The van der Waals surface area contributed by atoms with Gasteiger partial charge in [0.1, 0.15) is 0 Å². The quantitative estimate of drug-likeness (QED) is 0.817. The van der Waals surface area contributed by atoms with Crippen LogP contribution in [0.3, 0.4) is 0 Å². The molecule has 0 aliphatic carbocycles. The van der Waals surface area contributed by atoms with Gasteiger partial charge in [0, 0.05) is 23.8 Å². The maximum Gasteiger partial charge on any atom is 0.0944 e. The number of fused-ring (bicyclic) bond motifs is 1. The van der Waals surface area contributed by atoms with Crippen LogP contribution in [-0.4, -0.2) is 34.3 Å². The van der Waals surface area contributed by atoms with Crippen molar-refractivity contribution < 1.29 is 0 Å². The molecule has 90 valence electrons. The van der Waals surface area contributed by atoms with E-state index in [9.17, 15) is 0 Å². The molecule has 0 unspecified atom stereocenters. The summed E-state index contributed by atoms with van der Waals surface area (Å²) in [5.74, 6) is 0. The summed E-state index contributed by atoms with van der Waals surface area (Å²) in [6, 6.07) is 5.89. The summed E-state index contributed by atoms with van der Waals surface area (Å²) in [7, 11) is 0. The van der Waals surface area contributed by atoms with Crippen molar-refractivity contribution in [1.82, 2.24) is 14.7 Å². The zero-order chi connectivity index (χ0) is 11.7. The molecule has 1 aromatic heterocycles. The van der Waals surface area contributed by atoms with Gasteiger partial charge in [0.05, 0.1) is 12.1 Å². The topological polar surface area (TPSA) is 47.1 Å². The molecule has 1 aromatic carbocycles. The monoisotopic (exact) mass is 230 g/mol. The Kier molecular flexibility index (Phi) is 2.73. The highest BCUT2D eigenvalue weighted by Gasteiger charge is 2.11. The van der Waals surface area contributed by atoms with Gasteiger partial charge in [0.2, 0.25) is 0 Å². The maximum absolute atomic E-state index is 5.92. The number of aromatic nitrogens is 2. The standard InChI is InChI=1S/C13H18N4/c14-12-4-3-5-13-11(12)10-17(15-13)9-8-16-6-1-2-7-16/h3-5,10H,1-2,6-9,14H2. The molecule has 0 radical (unpaired) electrons. The lowest BCUT2D eigenvalue weighted by molar-refractivity contribution is 0.316. The predicted molar refractivity (Wildman–Crippen MR) is 69.8 cm³/mol. The van der Waals surface area contributed by atoms with Gasteiger partial charge in [-0.1, -0.05) is 6.07 Å². The minimum absolute atomic E-state index is 0.815. The predicted octanol–water partition coefficient (Wildman–Crippen LogP) is 1.71. The van der Waals surface area contributed by atoms with Gasteiger partial charge in [-0.3, -0.25) is 4.68 Å². The summed E-state index contributed by atoms with van der Waals surface area (Å²) in [5.41, 5.74) is 7.73. The first-order chi connectivity index (χ1) is 8.33. The van der Waals surface area contributed by atoms with E-state index in [1.807, 2.05) is 22.9 Å². The van der Waals surface area contributed by atoms with Gasteiger partial charge in [-0.05, 0) is 38.1 Å². The van der Waals surface area contributed by atoms with E-state index in [0.29, 0.717) is 0 Å². The zero-order valence-electron chi connectivity index (χ0n) is 9.97. The molecule has 2 N–H and O–H groups in total. The molecule has 0 atom stereocenters. The van der Waals surface area contributed by atoms with Crippen molar-refractivity contribution >= 4 is 16.6 Å². The molecule has 1 aliphatic rings. The van der Waals surface area contributed by atoms with Crippen LogP contribution in [0.15, 0.2) is 24.4 Å². The number of nitrogen functional groups attached to an aromatic ring is 1. The highest BCUT2D eigenvalue weighted by molar-refractivity contribution is 5.89. The second kappa shape index (κ2) is 4.37. The number of anilines is 1. The van der Waals surface area contributed by atoms with Crippen LogP contribution >= 0.6 is 0 Å². The number of likely N-dealkylation sites (tertiary alicyclic amines) is 1. The van der Waals surface area contributed by atoms with E-state index < -0.39 is 0 Å². The number of benzene rings is 1. The Labute approximate surface area is 101 Å². The highest BCUT2D eigenvalue weighted by atomic mass is 15.3. The van der Waals surface area contributed by atoms with E-state index in [1.54, 1.807) is 0 Å². The molecule has 1 fully saturated rings. The third-order valence-electron chi connectivity index (χ3n) is 3.48. The molecule has 0 spiro atoms. The Balaban J connectivity index is 1.74. The van der Waals surface area contributed by atoms with E-state index in [1.165, 1.54) is 25.9 Å². The summed E-state index contributed by atoms with van der Waals surface area (Å²) in [6.07, 6.45) is 4.74. The fourth-order valence-corrected chi connectivity index (χ4v) is 2.48.